The van der Waals surface area contributed by atoms with Crippen molar-refractivity contribution in [2.75, 3.05) is 33.5 Å². The molecular weight excluding hydrogens is 264 g/mol. The van der Waals surface area contributed by atoms with Crippen LogP contribution in [0.3, 0.4) is 0 Å². The Labute approximate surface area is 126 Å². The number of rotatable bonds is 9. The van der Waals surface area contributed by atoms with E-state index < -0.39 is 0 Å². The van der Waals surface area contributed by atoms with Gasteiger partial charge in [0, 0.05) is 18.7 Å². The first-order valence-electron chi connectivity index (χ1n) is 7.50. The first kappa shape index (κ1) is 15.9. The summed E-state index contributed by atoms with van der Waals surface area (Å²) in [5.41, 5.74) is 2.26. The van der Waals surface area contributed by atoms with E-state index in [1.54, 1.807) is 7.11 Å². The third kappa shape index (κ3) is 4.77. The summed E-state index contributed by atoms with van der Waals surface area (Å²) in [6.45, 7) is 5.04. The molecule has 0 saturated carbocycles. The molecule has 0 radical (unpaired) electrons. The number of nitrogens with zero attached hydrogens (tertiary/aromatic N) is 1. The van der Waals surface area contributed by atoms with Crippen LogP contribution in [0.25, 0.3) is 10.9 Å². The Morgan fingerprint density at radius 2 is 2.14 bits per heavy atom. The fourth-order valence-corrected chi connectivity index (χ4v) is 2.25. The predicted octanol–water partition coefficient (Wildman–Crippen LogP) is 2.94. The van der Waals surface area contributed by atoms with Crippen LogP contribution in [-0.2, 0) is 9.47 Å². The number of methoxy groups -OCH3 is 1. The monoisotopic (exact) mass is 288 g/mol. The van der Waals surface area contributed by atoms with Crippen LogP contribution in [0.15, 0.2) is 36.5 Å². The van der Waals surface area contributed by atoms with Gasteiger partial charge in [-0.25, -0.2) is 0 Å². The molecule has 1 aromatic heterocycles. The fourth-order valence-electron chi connectivity index (χ4n) is 2.25. The fraction of sp³-hybridized carbons (Fsp3) is 0.471. The molecule has 2 rings (SSSR count). The zero-order valence-corrected chi connectivity index (χ0v) is 12.8. The minimum absolute atomic E-state index is 0.200. The maximum atomic E-state index is 5.70. The van der Waals surface area contributed by atoms with Gasteiger partial charge in [0.15, 0.2) is 0 Å². The SMILES string of the molecule is CCCNC(COCCOC)c1ccc2ncccc2c1. The van der Waals surface area contributed by atoms with Crippen LogP contribution in [0.1, 0.15) is 24.9 Å². The van der Waals surface area contributed by atoms with Gasteiger partial charge in [0.1, 0.15) is 0 Å². The molecule has 0 bridgehead atoms. The lowest BCUT2D eigenvalue weighted by molar-refractivity contribution is 0.0586. The lowest BCUT2D eigenvalue weighted by Crippen LogP contribution is -2.27. The van der Waals surface area contributed by atoms with Crippen LogP contribution in [0.5, 0.6) is 0 Å². The van der Waals surface area contributed by atoms with E-state index in [1.807, 2.05) is 12.3 Å². The van der Waals surface area contributed by atoms with Crippen molar-refractivity contribution in [2.24, 2.45) is 0 Å². The average molecular weight is 288 g/mol. The van der Waals surface area contributed by atoms with E-state index in [4.69, 9.17) is 9.47 Å². The first-order valence-corrected chi connectivity index (χ1v) is 7.50. The van der Waals surface area contributed by atoms with E-state index >= 15 is 0 Å². The summed E-state index contributed by atoms with van der Waals surface area (Å²) in [4.78, 5) is 4.36. The number of ether oxygens (including phenoxy) is 2. The van der Waals surface area contributed by atoms with Gasteiger partial charge >= 0.3 is 0 Å². The molecule has 0 spiro atoms. The van der Waals surface area contributed by atoms with Gasteiger partial charge in [0.05, 0.1) is 31.4 Å². The van der Waals surface area contributed by atoms with Crippen molar-refractivity contribution in [2.45, 2.75) is 19.4 Å². The molecule has 2 aromatic rings. The van der Waals surface area contributed by atoms with Crippen molar-refractivity contribution < 1.29 is 9.47 Å². The van der Waals surface area contributed by atoms with E-state index in [2.05, 4.69) is 41.5 Å². The molecule has 0 aliphatic heterocycles. The summed E-state index contributed by atoms with van der Waals surface area (Å²) < 4.78 is 10.7. The van der Waals surface area contributed by atoms with Crippen LogP contribution in [0.2, 0.25) is 0 Å². The van der Waals surface area contributed by atoms with Gasteiger partial charge in [-0.1, -0.05) is 19.1 Å². The molecule has 1 heterocycles. The van der Waals surface area contributed by atoms with Crippen LogP contribution in [0, 0.1) is 0 Å². The van der Waals surface area contributed by atoms with E-state index in [0.717, 1.165) is 23.9 Å². The Kier molecular flexibility index (Phi) is 6.60. The molecule has 4 heteroatoms. The Hall–Kier alpha value is -1.49. The Morgan fingerprint density at radius 1 is 1.24 bits per heavy atom. The smallest absolute Gasteiger partial charge is 0.0702 e. The van der Waals surface area contributed by atoms with Gasteiger partial charge in [-0.2, -0.15) is 0 Å². The Bertz CT molecular complexity index is 545. The summed E-state index contributed by atoms with van der Waals surface area (Å²) >= 11 is 0. The number of hydrogen-bond donors (Lipinski definition) is 1. The van der Waals surface area contributed by atoms with Crippen molar-refractivity contribution in [3.8, 4) is 0 Å². The van der Waals surface area contributed by atoms with Gasteiger partial charge < -0.3 is 14.8 Å². The second-order valence-corrected chi connectivity index (χ2v) is 5.03. The molecule has 0 amide bonds. The summed E-state index contributed by atoms with van der Waals surface area (Å²) in [7, 11) is 1.69. The largest absolute Gasteiger partial charge is 0.382 e. The molecule has 0 aliphatic rings. The molecule has 0 saturated heterocycles. The minimum atomic E-state index is 0.200. The standard InChI is InChI=1S/C17H24N2O2/c1-3-8-18-17(13-21-11-10-20-2)15-6-7-16-14(12-15)5-4-9-19-16/h4-7,9,12,17-18H,3,8,10-11,13H2,1-2H3. The van der Waals surface area contributed by atoms with E-state index in [9.17, 15) is 0 Å². The normalized spacial score (nSPS) is 12.7. The van der Waals surface area contributed by atoms with Crippen molar-refractivity contribution in [3.63, 3.8) is 0 Å². The molecule has 1 N–H and O–H groups in total. The van der Waals surface area contributed by atoms with Crippen molar-refractivity contribution in [1.82, 2.24) is 10.3 Å². The Balaban J connectivity index is 2.08. The third-order valence-corrected chi connectivity index (χ3v) is 3.39. The van der Waals surface area contributed by atoms with Gasteiger partial charge in [-0.15, -0.1) is 0 Å². The molecule has 114 valence electrons. The lowest BCUT2D eigenvalue weighted by atomic mass is 10.0. The molecule has 0 fully saturated rings. The topological polar surface area (TPSA) is 43.4 Å². The number of nitrogens with one attached hydrogen (secondary N) is 1. The highest BCUT2D eigenvalue weighted by atomic mass is 16.5. The minimum Gasteiger partial charge on any atom is -0.382 e. The van der Waals surface area contributed by atoms with Crippen molar-refractivity contribution in [1.29, 1.82) is 0 Å². The first-order chi connectivity index (χ1) is 10.3. The van der Waals surface area contributed by atoms with Gasteiger partial charge in [-0.3, -0.25) is 4.98 Å². The maximum absolute atomic E-state index is 5.70. The Morgan fingerprint density at radius 3 is 2.95 bits per heavy atom. The van der Waals surface area contributed by atoms with E-state index in [-0.39, 0.29) is 6.04 Å². The van der Waals surface area contributed by atoms with Gasteiger partial charge in [-0.05, 0) is 36.7 Å². The van der Waals surface area contributed by atoms with Crippen molar-refractivity contribution in [3.05, 3.63) is 42.1 Å². The highest BCUT2D eigenvalue weighted by Crippen LogP contribution is 2.19. The number of fused-ring (bicyclic) bond motifs is 1. The number of benzene rings is 1. The van der Waals surface area contributed by atoms with Crippen LogP contribution in [0.4, 0.5) is 0 Å². The van der Waals surface area contributed by atoms with Gasteiger partial charge in [0.2, 0.25) is 0 Å². The number of hydrogen-bond acceptors (Lipinski definition) is 4. The van der Waals surface area contributed by atoms with Crippen LogP contribution in [-0.4, -0.2) is 38.5 Å². The summed E-state index contributed by atoms with van der Waals surface area (Å²) in [5.74, 6) is 0. The van der Waals surface area contributed by atoms with E-state index in [1.165, 1.54) is 5.56 Å². The third-order valence-electron chi connectivity index (χ3n) is 3.39. The maximum Gasteiger partial charge on any atom is 0.0702 e. The number of aromatic nitrogens is 1. The molecule has 1 atom stereocenters. The van der Waals surface area contributed by atoms with Crippen LogP contribution >= 0.6 is 0 Å². The average Bonchev–Trinajstić information content (AvgIpc) is 2.54. The second kappa shape index (κ2) is 8.72. The van der Waals surface area contributed by atoms with Gasteiger partial charge in [0.25, 0.3) is 0 Å². The quantitative estimate of drug-likeness (QED) is 0.721. The molecule has 21 heavy (non-hydrogen) atoms. The molecular formula is C17H24N2O2. The van der Waals surface area contributed by atoms with Crippen LogP contribution < -0.4 is 5.32 Å². The zero-order chi connectivity index (χ0) is 14.9. The molecule has 4 nitrogen and oxygen atoms in total. The zero-order valence-electron chi connectivity index (χ0n) is 12.8. The molecule has 1 unspecified atom stereocenters. The van der Waals surface area contributed by atoms with E-state index in [0.29, 0.717) is 19.8 Å². The van der Waals surface area contributed by atoms with Crippen molar-refractivity contribution >= 4 is 10.9 Å². The second-order valence-electron chi connectivity index (χ2n) is 5.03. The molecule has 1 aromatic carbocycles. The highest BCUT2D eigenvalue weighted by molar-refractivity contribution is 5.79. The summed E-state index contributed by atoms with van der Waals surface area (Å²) in [6, 6.07) is 10.6. The summed E-state index contributed by atoms with van der Waals surface area (Å²) in [5, 5.41) is 4.70. The summed E-state index contributed by atoms with van der Waals surface area (Å²) in [6.07, 6.45) is 2.92. The highest BCUT2D eigenvalue weighted by Gasteiger charge is 2.11. The lowest BCUT2D eigenvalue weighted by Gasteiger charge is -2.19. The predicted molar refractivity (Wildman–Crippen MR) is 85.5 cm³/mol. The molecule has 0 aliphatic carbocycles. The number of pyridine rings is 1.